The largest absolute Gasteiger partial charge is 0.350 e. The van der Waals surface area contributed by atoms with Gasteiger partial charge in [-0.3, -0.25) is 4.79 Å². The zero-order chi connectivity index (χ0) is 17.3. The molecule has 0 aromatic heterocycles. The second kappa shape index (κ2) is 6.26. The van der Waals surface area contributed by atoms with Gasteiger partial charge in [-0.15, -0.1) is 0 Å². The molecule has 1 unspecified atom stereocenters. The normalized spacial score (nSPS) is 20.6. The van der Waals surface area contributed by atoms with Gasteiger partial charge < -0.3 is 5.32 Å². The molecule has 1 aromatic carbocycles. The highest BCUT2D eigenvalue weighted by molar-refractivity contribution is 7.88. The number of hydrogen-bond acceptors (Lipinski definition) is 4. The number of amides is 1. The molecule has 1 amide bonds. The minimum atomic E-state index is -3.74. The first-order valence-electron chi connectivity index (χ1n) is 7.12. The Balaban J connectivity index is 2.17. The van der Waals surface area contributed by atoms with E-state index in [0.29, 0.717) is 6.42 Å². The Morgan fingerprint density at radius 3 is 2.78 bits per heavy atom. The van der Waals surface area contributed by atoms with Crippen LogP contribution in [0.5, 0.6) is 0 Å². The lowest BCUT2D eigenvalue weighted by Crippen LogP contribution is -2.62. The molecule has 1 aliphatic heterocycles. The number of nitriles is 1. The average Bonchev–Trinajstić information content (AvgIpc) is 2.43. The van der Waals surface area contributed by atoms with Crippen LogP contribution in [-0.2, 0) is 20.6 Å². The van der Waals surface area contributed by atoms with Crippen LogP contribution < -0.4 is 10.0 Å². The predicted molar refractivity (Wildman–Crippen MR) is 82.1 cm³/mol. The maximum Gasteiger partial charge on any atom is 0.220 e. The summed E-state index contributed by atoms with van der Waals surface area (Å²) >= 11 is 0. The number of nitrogens with one attached hydrogen (secondary N) is 2. The molecule has 0 bridgehead atoms. The molecule has 1 aromatic rings. The molecule has 1 fully saturated rings. The van der Waals surface area contributed by atoms with Gasteiger partial charge in [-0.05, 0) is 38.0 Å². The fraction of sp³-hybridized carbons (Fsp3) is 0.467. The van der Waals surface area contributed by atoms with Crippen molar-refractivity contribution >= 4 is 15.9 Å². The van der Waals surface area contributed by atoms with Gasteiger partial charge in [-0.2, -0.15) is 5.26 Å². The van der Waals surface area contributed by atoms with E-state index >= 15 is 0 Å². The maximum absolute atomic E-state index is 13.1. The van der Waals surface area contributed by atoms with E-state index < -0.39 is 33.2 Å². The first-order chi connectivity index (χ1) is 10.6. The van der Waals surface area contributed by atoms with Crippen LogP contribution in [-0.4, -0.2) is 25.9 Å². The molecule has 2 N–H and O–H groups in total. The molecule has 6 nitrogen and oxygen atoms in total. The third-order valence-electron chi connectivity index (χ3n) is 3.85. The third-order valence-corrected chi connectivity index (χ3v) is 5.19. The van der Waals surface area contributed by atoms with Crippen molar-refractivity contribution in [3.63, 3.8) is 0 Å². The van der Waals surface area contributed by atoms with Gasteiger partial charge in [0.15, 0.2) is 0 Å². The van der Waals surface area contributed by atoms with Gasteiger partial charge in [0.1, 0.15) is 5.82 Å². The average molecular weight is 339 g/mol. The topological polar surface area (TPSA) is 99.1 Å². The van der Waals surface area contributed by atoms with E-state index in [2.05, 4.69) is 10.0 Å². The smallest absolute Gasteiger partial charge is 0.220 e. The molecule has 0 aliphatic carbocycles. The zero-order valence-corrected chi connectivity index (χ0v) is 13.7. The van der Waals surface area contributed by atoms with Crippen LogP contribution in [0.25, 0.3) is 0 Å². The van der Waals surface area contributed by atoms with Crippen LogP contribution in [0.2, 0.25) is 0 Å². The summed E-state index contributed by atoms with van der Waals surface area (Å²) in [7, 11) is -3.74. The molecule has 0 saturated carbocycles. The SMILES string of the molecule is CC1(C)NC(=O)CCC1NS(=O)(=O)Cc1ccc(F)cc1C#N. The number of carbonyl (C=O) groups excluding carboxylic acids is 1. The van der Waals surface area contributed by atoms with E-state index in [1.165, 1.54) is 6.07 Å². The molecule has 1 atom stereocenters. The molecule has 1 aliphatic rings. The third kappa shape index (κ3) is 4.27. The van der Waals surface area contributed by atoms with E-state index in [-0.39, 0.29) is 23.5 Å². The van der Waals surface area contributed by atoms with Crippen molar-refractivity contribution in [2.75, 3.05) is 0 Å². The summed E-state index contributed by atoms with van der Waals surface area (Å²) in [6.07, 6.45) is 0.642. The number of halogens is 1. The lowest BCUT2D eigenvalue weighted by atomic mass is 9.88. The van der Waals surface area contributed by atoms with Crippen molar-refractivity contribution < 1.29 is 17.6 Å². The minimum absolute atomic E-state index is 0.00779. The monoisotopic (exact) mass is 339 g/mol. The molecule has 2 rings (SSSR count). The highest BCUT2D eigenvalue weighted by Gasteiger charge is 2.37. The summed E-state index contributed by atoms with van der Waals surface area (Å²) in [5.41, 5.74) is -0.478. The Morgan fingerprint density at radius 2 is 2.17 bits per heavy atom. The molecule has 1 saturated heterocycles. The first-order valence-corrected chi connectivity index (χ1v) is 8.78. The molecule has 0 radical (unpaired) electrons. The lowest BCUT2D eigenvalue weighted by molar-refractivity contribution is -0.125. The van der Waals surface area contributed by atoms with E-state index in [1.54, 1.807) is 19.9 Å². The summed E-state index contributed by atoms with van der Waals surface area (Å²) in [5, 5.41) is 11.7. The first kappa shape index (κ1) is 17.4. The summed E-state index contributed by atoms with van der Waals surface area (Å²) in [5.74, 6) is -1.13. The molecular weight excluding hydrogens is 321 g/mol. The minimum Gasteiger partial charge on any atom is -0.350 e. The Kier molecular flexibility index (Phi) is 4.73. The van der Waals surface area contributed by atoms with Crippen LogP contribution in [0.4, 0.5) is 4.39 Å². The van der Waals surface area contributed by atoms with Crippen molar-refractivity contribution in [3.05, 3.63) is 35.1 Å². The van der Waals surface area contributed by atoms with Crippen molar-refractivity contribution in [1.82, 2.24) is 10.0 Å². The van der Waals surface area contributed by atoms with Crippen LogP contribution in [0.15, 0.2) is 18.2 Å². The van der Waals surface area contributed by atoms with E-state index in [0.717, 1.165) is 12.1 Å². The molecule has 124 valence electrons. The van der Waals surface area contributed by atoms with E-state index in [4.69, 9.17) is 5.26 Å². The number of rotatable bonds is 4. The molecular formula is C15H18FN3O3S. The van der Waals surface area contributed by atoms with Crippen molar-refractivity contribution in [1.29, 1.82) is 5.26 Å². The number of piperidine rings is 1. The van der Waals surface area contributed by atoms with Crippen molar-refractivity contribution in [3.8, 4) is 6.07 Å². The van der Waals surface area contributed by atoms with Crippen molar-refractivity contribution in [2.45, 2.75) is 44.0 Å². The zero-order valence-electron chi connectivity index (χ0n) is 12.9. The number of sulfonamides is 1. The lowest BCUT2D eigenvalue weighted by Gasteiger charge is -2.39. The summed E-state index contributed by atoms with van der Waals surface area (Å²) < 4.78 is 40.4. The van der Waals surface area contributed by atoms with Crippen LogP contribution in [0.3, 0.4) is 0 Å². The van der Waals surface area contributed by atoms with Gasteiger partial charge in [-0.25, -0.2) is 17.5 Å². The summed E-state index contributed by atoms with van der Waals surface area (Å²) in [6.45, 7) is 3.49. The number of nitrogens with zero attached hydrogens (tertiary/aromatic N) is 1. The molecule has 23 heavy (non-hydrogen) atoms. The van der Waals surface area contributed by atoms with Gasteiger partial charge in [0.05, 0.1) is 22.9 Å². The van der Waals surface area contributed by atoms with Gasteiger partial charge in [0.2, 0.25) is 15.9 Å². The molecule has 1 heterocycles. The fourth-order valence-corrected chi connectivity index (χ4v) is 4.18. The number of hydrogen-bond donors (Lipinski definition) is 2. The number of benzene rings is 1. The van der Waals surface area contributed by atoms with Gasteiger partial charge in [-0.1, -0.05) is 6.07 Å². The highest BCUT2D eigenvalue weighted by Crippen LogP contribution is 2.21. The summed E-state index contributed by atoms with van der Waals surface area (Å²) in [4.78, 5) is 11.4. The quantitative estimate of drug-likeness (QED) is 0.860. The van der Waals surface area contributed by atoms with E-state index in [1.807, 2.05) is 0 Å². The fourth-order valence-electron chi connectivity index (χ4n) is 2.59. The Bertz CT molecular complexity index is 769. The molecule has 0 spiro atoms. The second-order valence-electron chi connectivity index (χ2n) is 6.15. The Morgan fingerprint density at radius 1 is 1.48 bits per heavy atom. The summed E-state index contributed by atoms with van der Waals surface area (Å²) in [6, 6.07) is 4.77. The van der Waals surface area contributed by atoms with Crippen molar-refractivity contribution in [2.24, 2.45) is 0 Å². The molecule has 8 heteroatoms. The van der Waals surface area contributed by atoms with E-state index in [9.17, 15) is 17.6 Å². The second-order valence-corrected chi connectivity index (χ2v) is 7.91. The maximum atomic E-state index is 13.1. The Labute approximate surface area is 134 Å². The van der Waals surface area contributed by atoms with Crippen LogP contribution in [0, 0.1) is 17.1 Å². The van der Waals surface area contributed by atoms with Crippen LogP contribution in [0.1, 0.15) is 37.8 Å². The van der Waals surface area contributed by atoms with Gasteiger partial charge >= 0.3 is 0 Å². The Hall–Kier alpha value is -1.98. The highest BCUT2D eigenvalue weighted by atomic mass is 32.2. The van der Waals surface area contributed by atoms with Crippen LogP contribution >= 0.6 is 0 Å². The predicted octanol–water partition coefficient (Wildman–Crippen LogP) is 1.17. The van der Waals surface area contributed by atoms with Gasteiger partial charge in [0.25, 0.3) is 0 Å². The number of carbonyl (C=O) groups is 1. The standard InChI is InChI=1S/C15H18FN3O3S/c1-15(2)13(5-6-14(20)18-15)19-23(21,22)9-10-3-4-12(16)7-11(10)8-17/h3-4,7,13,19H,5-6,9H2,1-2H3,(H,18,20). The van der Waals surface area contributed by atoms with Gasteiger partial charge in [0, 0.05) is 12.5 Å².